The number of esters is 1. The first kappa shape index (κ1) is 18.2. The van der Waals surface area contributed by atoms with Crippen molar-refractivity contribution < 1.29 is 28.3 Å². The summed E-state index contributed by atoms with van der Waals surface area (Å²) in [5.74, 6) is -0.556. The van der Waals surface area contributed by atoms with Gasteiger partial charge < -0.3 is 14.2 Å². The molecule has 7 nitrogen and oxygen atoms in total. The van der Waals surface area contributed by atoms with Crippen LogP contribution in [0.1, 0.15) is 6.92 Å². The Balaban J connectivity index is 1.76. The minimum atomic E-state index is -0.651. The largest absolute Gasteiger partial charge is 0.490 e. The molecule has 2 rings (SSSR count). The lowest BCUT2D eigenvalue weighted by molar-refractivity contribution is -0.384. The van der Waals surface area contributed by atoms with E-state index in [2.05, 4.69) is 0 Å². The third-order valence-corrected chi connectivity index (χ3v) is 3.00. The number of halogens is 1. The lowest BCUT2D eigenvalue weighted by Crippen LogP contribution is -2.25. The molecule has 2 aromatic carbocycles. The topological polar surface area (TPSA) is 87.9 Å². The van der Waals surface area contributed by atoms with Crippen LogP contribution in [0.5, 0.6) is 11.5 Å². The van der Waals surface area contributed by atoms with Crippen LogP contribution in [0.15, 0.2) is 48.5 Å². The molecule has 0 bridgehead atoms. The Morgan fingerprint density at radius 1 is 1.16 bits per heavy atom. The van der Waals surface area contributed by atoms with Gasteiger partial charge in [-0.15, -0.1) is 0 Å². The molecule has 132 valence electrons. The van der Waals surface area contributed by atoms with E-state index < -0.39 is 29.4 Å². The zero-order chi connectivity index (χ0) is 18.2. The van der Waals surface area contributed by atoms with E-state index in [0.717, 1.165) is 0 Å². The molecule has 0 radical (unpaired) electrons. The summed E-state index contributed by atoms with van der Waals surface area (Å²) < 4.78 is 28.6. The van der Waals surface area contributed by atoms with Gasteiger partial charge in [0.15, 0.2) is 6.61 Å². The lowest BCUT2D eigenvalue weighted by atomic mass is 10.3. The van der Waals surface area contributed by atoms with Crippen molar-refractivity contribution in [1.82, 2.24) is 0 Å². The highest BCUT2D eigenvalue weighted by molar-refractivity contribution is 5.71. The third-order valence-electron chi connectivity index (χ3n) is 3.00. The van der Waals surface area contributed by atoms with E-state index in [4.69, 9.17) is 14.2 Å². The maximum atomic E-state index is 13.0. The van der Waals surface area contributed by atoms with Gasteiger partial charge in [0.05, 0.1) is 11.0 Å². The van der Waals surface area contributed by atoms with Gasteiger partial charge >= 0.3 is 5.97 Å². The summed E-state index contributed by atoms with van der Waals surface area (Å²) in [4.78, 5) is 21.8. The van der Waals surface area contributed by atoms with E-state index in [1.165, 1.54) is 42.5 Å². The van der Waals surface area contributed by atoms with Gasteiger partial charge in [0, 0.05) is 12.1 Å². The summed E-state index contributed by atoms with van der Waals surface area (Å²) in [5.41, 5.74) is -0.136. The summed E-state index contributed by atoms with van der Waals surface area (Å²) in [6.45, 7) is 1.27. The highest BCUT2D eigenvalue weighted by Crippen LogP contribution is 2.19. The molecule has 8 heteroatoms. The fourth-order valence-electron chi connectivity index (χ4n) is 1.89. The first-order chi connectivity index (χ1) is 11.9. The third kappa shape index (κ3) is 6.09. The monoisotopic (exact) mass is 349 g/mol. The number of carbonyl (C=O) groups excluding carboxylic acids is 1. The Morgan fingerprint density at radius 3 is 2.52 bits per heavy atom. The first-order valence-corrected chi connectivity index (χ1v) is 7.39. The predicted molar refractivity (Wildman–Crippen MR) is 86.0 cm³/mol. The Kier molecular flexibility index (Phi) is 6.27. The van der Waals surface area contributed by atoms with Crippen molar-refractivity contribution in [2.24, 2.45) is 0 Å². The standard InChI is InChI=1S/C17H16FNO6/c1-12(10-23-15-6-2-4-13(18)8-15)25-17(20)11-24-16-7-3-5-14(9-16)19(21)22/h2-9,12H,10-11H2,1H3. The second-order valence-corrected chi connectivity index (χ2v) is 5.11. The fourth-order valence-corrected chi connectivity index (χ4v) is 1.89. The van der Waals surface area contributed by atoms with Crippen molar-refractivity contribution >= 4 is 11.7 Å². The van der Waals surface area contributed by atoms with Crippen LogP contribution in [0.25, 0.3) is 0 Å². The maximum Gasteiger partial charge on any atom is 0.344 e. The first-order valence-electron chi connectivity index (χ1n) is 7.39. The molecule has 0 saturated heterocycles. The molecule has 0 fully saturated rings. The van der Waals surface area contributed by atoms with Gasteiger partial charge in [-0.2, -0.15) is 0 Å². The van der Waals surface area contributed by atoms with Crippen molar-refractivity contribution in [3.05, 3.63) is 64.5 Å². The fraction of sp³-hybridized carbons (Fsp3) is 0.235. The second-order valence-electron chi connectivity index (χ2n) is 5.11. The van der Waals surface area contributed by atoms with Crippen LogP contribution < -0.4 is 9.47 Å². The molecular formula is C17H16FNO6. The van der Waals surface area contributed by atoms with Gasteiger partial charge in [-0.25, -0.2) is 9.18 Å². The van der Waals surface area contributed by atoms with E-state index in [0.29, 0.717) is 5.75 Å². The summed E-state index contributed by atoms with van der Waals surface area (Å²) in [6.07, 6.45) is -0.579. The van der Waals surface area contributed by atoms with E-state index in [1.54, 1.807) is 13.0 Å². The number of nitro benzene ring substituents is 1. The van der Waals surface area contributed by atoms with E-state index in [-0.39, 0.29) is 18.0 Å². The molecule has 0 spiro atoms. The molecule has 0 aliphatic heterocycles. The zero-order valence-electron chi connectivity index (χ0n) is 13.4. The Bertz CT molecular complexity index is 751. The van der Waals surface area contributed by atoms with Gasteiger partial charge in [-0.3, -0.25) is 10.1 Å². The lowest BCUT2D eigenvalue weighted by Gasteiger charge is -2.14. The maximum absolute atomic E-state index is 13.0. The highest BCUT2D eigenvalue weighted by Gasteiger charge is 2.13. The van der Waals surface area contributed by atoms with E-state index in [9.17, 15) is 19.3 Å². The average molecular weight is 349 g/mol. The molecular weight excluding hydrogens is 333 g/mol. The van der Waals surface area contributed by atoms with Gasteiger partial charge in [-0.1, -0.05) is 12.1 Å². The summed E-state index contributed by atoms with van der Waals surface area (Å²) in [5, 5.41) is 10.7. The number of hydrogen-bond donors (Lipinski definition) is 0. The smallest absolute Gasteiger partial charge is 0.344 e. The Morgan fingerprint density at radius 2 is 1.84 bits per heavy atom. The number of carbonyl (C=O) groups is 1. The van der Waals surface area contributed by atoms with Crippen molar-refractivity contribution in [3.63, 3.8) is 0 Å². The molecule has 0 aliphatic rings. The number of benzene rings is 2. The number of non-ortho nitro benzene ring substituents is 1. The number of ether oxygens (including phenoxy) is 3. The second kappa shape index (κ2) is 8.62. The molecule has 0 aromatic heterocycles. The Labute approximate surface area is 143 Å². The van der Waals surface area contributed by atoms with Crippen LogP contribution in [0, 0.1) is 15.9 Å². The molecule has 0 amide bonds. The van der Waals surface area contributed by atoms with Gasteiger partial charge in [0.25, 0.3) is 5.69 Å². The highest BCUT2D eigenvalue weighted by atomic mass is 19.1. The van der Waals surface area contributed by atoms with Crippen molar-refractivity contribution in [2.75, 3.05) is 13.2 Å². The molecule has 0 aliphatic carbocycles. The minimum Gasteiger partial charge on any atom is -0.490 e. The molecule has 0 heterocycles. The van der Waals surface area contributed by atoms with Crippen LogP contribution in [0.4, 0.5) is 10.1 Å². The quantitative estimate of drug-likeness (QED) is 0.413. The SMILES string of the molecule is CC(COc1cccc(F)c1)OC(=O)COc1cccc([N+](=O)[O-])c1. The number of nitrogens with zero attached hydrogens (tertiary/aromatic N) is 1. The van der Waals surface area contributed by atoms with Crippen LogP contribution in [-0.2, 0) is 9.53 Å². The number of nitro groups is 1. The van der Waals surface area contributed by atoms with Crippen LogP contribution >= 0.6 is 0 Å². The molecule has 1 atom stereocenters. The van der Waals surface area contributed by atoms with Crippen LogP contribution in [0.3, 0.4) is 0 Å². The molecule has 0 N–H and O–H groups in total. The van der Waals surface area contributed by atoms with Crippen molar-refractivity contribution in [2.45, 2.75) is 13.0 Å². The summed E-state index contributed by atoms with van der Waals surface area (Å²) >= 11 is 0. The van der Waals surface area contributed by atoms with Crippen molar-refractivity contribution in [1.29, 1.82) is 0 Å². The average Bonchev–Trinajstić information content (AvgIpc) is 2.58. The molecule has 2 aromatic rings. The Hall–Kier alpha value is -3.16. The van der Waals surface area contributed by atoms with Gasteiger partial charge in [0.2, 0.25) is 0 Å². The molecule has 0 saturated carbocycles. The minimum absolute atomic E-state index is 0.0476. The van der Waals surface area contributed by atoms with E-state index >= 15 is 0 Å². The molecule has 1 unspecified atom stereocenters. The van der Waals surface area contributed by atoms with Crippen LogP contribution in [0.2, 0.25) is 0 Å². The summed E-state index contributed by atoms with van der Waals surface area (Å²) in [7, 11) is 0. The van der Waals surface area contributed by atoms with E-state index in [1.807, 2.05) is 0 Å². The van der Waals surface area contributed by atoms with Gasteiger partial charge in [-0.05, 0) is 25.1 Å². The number of hydrogen-bond acceptors (Lipinski definition) is 6. The van der Waals surface area contributed by atoms with Crippen molar-refractivity contribution in [3.8, 4) is 11.5 Å². The molecule has 25 heavy (non-hydrogen) atoms. The predicted octanol–water partition coefficient (Wildman–Crippen LogP) is 3.12. The number of rotatable bonds is 8. The van der Waals surface area contributed by atoms with Crippen LogP contribution in [-0.4, -0.2) is 30.2 Å². The normalized spacial score (nSPS) is 11.4. The summed E-state index contributed by atoms with van der Waals surface area (Å²) in [6, 6.07) is 11.1. The zero-order valence-corrected chi connectivity index (χ0v) is 13.4. The van der Waals surface area contributed by atoms with Gasteiger partial charge in [0.1, 0.15) is 30.0 Å².